The van der Waals surface area contributed by atoms with E-state index in [0.29, 0.717) is 16.9 Å². The Labute approximate surface area is 137 Å². The second kappa shape index (κ2) is 7.18. The molecule has 2 aromatic carbocycles. The third kappa shape index (κ3) is 4.03. The van der Waals surface area contributed by atoms with Gasteiger partial charge in [-0.05, 0) is 18.2 Å². The van der Waals surface area contributed by atoms with Gasteiger partial charge in [0, 0.05) is 37.9 Å². The van der Waals surface area contributed by atoms with E-state index in [1.807, 2.05) is 0 Å². The topological polar surface area (TPSA) is 114 Å². The molecule has 0 aliphatic heterocycles. The monoisotopic (exact) mass is 329 g/mol. The van der Waals surface area contributed by atoms with Gasteiger partial charge >= 0.3 is 0 Å². The number of non-ortho nitro benzene ring substituents is 1. The van der Waals surface area contributed by atoms with E-state index in [1.54, 1.807) is 31.1 Å². The van der Waals surface area contributed by atoms with Crippen molar-refractivity contribution in [2.75, 3.05) is 24.4 Å². The standard InChI is InChI=1S/C15H15N5O4/c1-18(2)14-8-3-11(9-15(14)20(23)24)10-16-17-12-4-6-13(7-5-12)19(21)22/h3-10,17H,1-2H3/b16-10+. The molecule has 0 bridgehead atoms. The molecule has 9 nitrogen and oxygen atoms in total. The fourth-order valence-corrected chi connectivity index (χ4v) is 1.98. The fourth-order valence-electron chi connectivity index (χ4n) is 1.98. The maximum Gasteiger partial charge on any atom is 0.293 e. The van der Waals surface area contributed by atoms with Crippen LogP contribution < -0.4 is 10.3 Å². The maximum atomic E-state index is 11.1. The van der Waals surface area contributed by atoms with Crippen molar-refractivity contribution in [2.24, 2.45) is 5.10 Å². The first-order valence-electron chi connectivity index (χ1n) is 6.88. The molecule has 9 heteroatoms. The average Bonchev–Trinajstić information content (AvgIpc) is 2.55. The first-order valence-corrected chi connectivity index (χ1v) is 6.88. The molecule has 0 heterocycles. The Morgan fingerprint density at radius 2 is 1.71 bits per heavy atom. The van der Waals surface area contributed by atoms with Crippen molar-refractivity contribution in [1.29, 1.82) is 0 Å². The molecular weight excluding hydrogens is 314 g/mol. The summed E-state index contributed by atoms with van der Waals surface area (Å²) in [7, 11) is 3.46. The smallest absolute Gasteiger partial charge is 0.293 e. The third-order valence-electron chi connectivity index (χ3n) is 3.16. The zero-order valence-electron chi connectivity index (χ0n) is 13.0. The number of nitro groups is 2. The Bertz CT molecular complexity index is 787. The predicted molar refractivity (Wildman–Crippen MR) is 91.7 cm³/mol. The Morgan fingerprint density at radius 3 is 2.25 bits per heavy atom. The molecule has 0 spiro atoms. The van der Waals surface area contributed by atoms with Crippen LogP contribution in [0.5, 0.6) is 0 Å². The second-order valence-electron chi connectivity index (χ2n) is 5.07. The van der Waals surface area contributed by atoms with Crippen LogP contribution in [0.4, 0.5) is 22.7 Å². The Morgan fingerprint density at radius 1 is 1.04 bits per heavy atom. The van der Waals surface area contributed by atoms with Crippen LogP contribution in [0.15, 0.2) is 47.6 Å². The molecule has 0 fully saturated rings. The van der Waals surface area contributed by atoms with Gasteiger partial charge in [-0.15, -0.1) is 0 Å². The third-order valence-corrected chi connectivity index (χ3v) is 3.16. The number of hydrogen-bond donors (Lipinski definition) is 1. The zero-order valence-corrected chi connectivity index (χ0v) is 13.0. The number of nitro benzene ring substituents is 2. The number of anilines is 2. The Kier molecular flexibility index (Phi) is 5.05. The highest BCUT2D eigenvalue weighted by Gasteiger charge is 2.15. The predicted octanol–water partition coefficient (Wildman–Crippen LogP) is 3.02. The van der Waals surface area contributed by atoms with E-state index < -0.39 is 9.85 Å². The van der Waals surface area contributed by atoms with Crippen LogP contribution in [0.25, 0.3) is 0 Å². The van der Waals surface area contributed by atoms with Crippen molar-refractivity contribution in [3.05, 3.63) is 68.3 Å². The summed E-state index contributed by atoms with van der Waals surface area (Å²) in [6.45, 7) is 0. The first kappa shape index (κ1) is 16.9. The van der Waals surface area contributed by atoms with Gasteiger partial charge in [0.2, 0.25) is 0 Å². The SMILES string of the molecule is CN(C)c1ccc(/C=N/Nc2ccc([N+](=O)[O-])cc2)cc1[N+](=O)[O-]. The highest BCUT2D eigenvalue weighted by Crippen LogP contribution is 2.27. The number of benzene rings is 2. The van der Waals surface area contributed by atoms with Crippen molar-refractivity contribution in [1.82, 2.24) is 0 Å². The molecule has 124 valence electrons. The van der Waals surface area contributed by atoms with Crippen LogP contribution >= 0.6 is 0 Å². The number of nitrogens with zero attached hydrogens (tertiary/aromatic N) is 4. The summed E-state index contributed by atoms with van der Waals surface area (Å²) in [5, 5.41) is 25.7. The van der Waals surface area contributed by atoms with E-state index in [9.17, 15) is 20.2 Å². The van der Waals surface area contributed by atoms with Gasteiger partial charge in [0.05, 0.1) is 21.7 Å². The van der Waals surface area contributed by atoms with Crippen LogP contribution in [0.3, 0.4) is 0 Å². The minimum Gasteiger partial charge on any atom is -0.372 e. The van der Waals surface area contributed by atoms with Gasteiger partial charge in [0.1, 0.15) is 5.69 Å². The lowest BCUT2D eigenvalue weighted by molar-refractivity contribution is -0.384. The van der Waals surface area contributed by atoms with E-state index in [-0.39, 0.29) is 11.4 Å². The molecule has 24 heavy (non-hydrogen) atoms. The van der Waals surface area contributed by atoms with E-state index in [2.05, 4.69) is 10.5 Å². The molecular formula is C15H15N5O4. The minimum absolute atomic E-state index is 0.0144. The first-order chi connectivity index (χ1) is 11.4. The van der Waals surface area contributed by atoms with Crippen molar-refractivity contribution in [2.45, 2.75) is 0 Å². The normalized spacial score (nSPS) is 10.6. The summed E-state index contributed by atoms with van der Waals surface area (Å²) >= 11 is 0. The summed E-state index contributed by atoms with van der Waals surface area (Å²) in [5.74, 6) is 0. The van der Waals surface area contributed by atoms with Crippen LogP contribution in [0, 0.1) is 20.2 Å². The lowest BCUT2D eigenvalue weighted by Gasteiger charge is -2.12. The van der Waals surface area contributed by atoms with Crippen LogP contribution in [-0.4, -0.2) is 30.2 Å². The molecule has 1 N–H and O–H groups in total. The van der Waals surface area contributed by atoms with Crippen molar-refractivity contribution in [3.8, 4) is 0 Å². The summed E-state index contributed by atoms with van der Waals surface area (Å²) in [5.41, 5.74) is 4.31. The van der Waals surface area contributed by atoms with Gasteiger partial charge < -0.3 is 4.90 Å². The van der Waals surface area contributed by atoms with Gasteiger partial charge in [-0.3, -0.25) is 25.7 Å². The summed E-state index contributed by atoms with van der Waals surface area (Å²) in [6, 6.07) is 10.5. The molecule has 0 amide bonds. The largest absolute Gasteiger partial charge is 0.372 e. The second-order valence-corrected chi connectivity index (χ2v) is 5.07. The molecule has 0 aliphatic rings. The van der Waals surface area contributed by atoms with Crippen LogP contribution in [0.2, 0.25) is 0 Å². The summed E-state index contributed by atoms with van der Waals surface area (Å²) in [6.07, 6.45) is 1.44. The quantitative estimate of drug-likeness (QED) is 0.495. The summed E-state index contributed by atoms with van der Waals surface area (Å²) in [4.78, 5) is 22.4. The zero-order chi connectivity index (χ0) is 17.7. The molecule has 0 saturated carbocycles. The average molecular weight is 329 g/mol. The van der Waals surface area contributed by atoms with Gasteiger partial charge in [-0.2, -0.15) is 5.10 Å². The number of rotatable bonds is 6. The minimum atomic E-state index is -0.488. The van der Waals surface area contributed by atoms with Gasteiger partial charge in [-0.25, -0.2) is 0 Å². The maximum absolute atomic E-state index is 11.1. The molecule has 0 atom stereocenters. The molecule has 2 rings (SSSR count). The van der Waals surface area contributed by atoms with E-state index in [1.165, 1.54) is 36.5 Å². The van der Waals surface area contributed by atoms with E-state index >= 15 is 0 Å². The van der Waals surface area contributed by atoms with Crippen molar-refractivity contribution in [3.63, 3.8) is 0 Å². The molecule has 0 saturated heterocycles. The molecule has 0 aliphatic carbocycles. The van der Waals surface area contributed by atoms with Crippen molar-refractivity contribution < 1.29 is 9.85 Å². The highest BCUT2D eigenvalue weighted by atomic mass is 16.6. The fraction of sp³-hybridized carbons (Fsp3) is 0.133. The summed E-state index contributed by atoms with van der Waals surface area (Å²) < 4.78 is 0. The number of hydrogen-bond acceptors (Lipinski definition) is 7. The lowest BCUT2D eigenvalue weighted by atomic mass is 10.2. The molecule has 2 aromatic rings. The van der Waals surface area contributed by atoms with Crippen LogP contribution in [0.1, 0.15) is 5.56 Å². The number of hydrazone groups is 1. The number of nitrogens with one attached hydrogen (secondary N) is 1. The molecule has 0 unspecified atom stereocenters. The molecule has 0 radical (unpaired) electrons. The molecule has 0 aromatic heterocycles. The van der Waals surface area contributed by atoms with E-state index in [0.717, 1.165) is 0 Å². The van der Waals surface area contributed by atoms with Gasteiger partial charge in [0.25, 0.3) is 11.4 Å². The Balaban J connectivity index is 2.13. The van der Waals surface area contributed by atoms with Gasteiger partial charge in [0.15, 0.2) is 0 Å². The van der Waals surface area contributed by atoms with Crippen LogP contribution in [-0.2, 0) is 0 Å². The van der Waals surface area contributed by atoms with Gasteiger partial charge in [-0.1, -0.05) is 6.07 Å². The van der Waals surface area contributed by atoms with Crippen molar-refractivity contribution >= 4 is 29.0 Å². The highest BCUT2D eigenvalue weighted by molar-refractivity contribution is 5.83. The Hall–Kier alpha value is -3.49. The van der Waals surface area contributed by atoms with E-state index in [4.69, 9.17) is 0 Å². The lowest BCUT2D eigenvalue weighted by Crippen LogP contribution is -2.11.